The van der Waals surface area contributed by atoms with Crippen molar-refractivity contribution >= 4 is 11.5 Å². The molecule has 1 aromatic carbocycles. The van der Waals surface area contributed by atoms with Gasteiger partial charge >= 0.3 is 0 Å². The Morgan fingerprint density at radius 1 is 1.40 bits per heavy atom. The van der Waals surface area contributed by atoms with Crippen molar-refractivity contribution in [3.8, 4) is 0 Å². The van der Waals surface area contributed by atoms with Gasteiger partial charge in [0.1, 0.15) is 11.6 Å². The van der Waals surface area contributed by atoms with E-state index in [2.05, 4.69) is 35.0 Å². The lowest BCUT2D eigenvalue weighted by molar-refractivity contribution is 0.557. The van der Waals surface area contributed by atoms with E-state index < -0.39 is 0 Å². The van der Waals surface area contributed by atoms with Crippen LogP contribution in [0.15, 0.2) is 36.5 Å². The molecule has 0 amide bonds. The molecule has 1 unspecified atom stereocenters. The molecule has 1 aromatic heterocycles. The molecule has 0 saturated carbocycles. The summed E-state index contributed by atoms with van der Waals surface area (Å²) in [6, 6.07) is 9.78. The lowest BCUT2D eigenvalue weighted by atomic mass is 9.93. The van der Waals surface area contributed by atoms with Crippen molar-refractivity contribution in [2.45, 2.75) is 19.9 Å². The molecule has 104 valence electrons. The fraction of sp³-hybridized carbons (Fsp3) is 0.312. The number of rotatable bonds is 2. The molecule has 0 bridgehead atoms. The maximum Gasteiger partial charge on any atom is 0.141 e. The highest BCUT2D eigenvalue weighted by atomic mass is 19.1. The third-order valence-corrected chi connectivity index (χ3v) is 3.73. The zero-order valence-corrected chi connectivity index (χ0v) is 11.5. The van der Waals surface area contributed by atoms with E-state index in [1.807, 2.05) is 6.07 Å². The van der Waals surface area contributed by atoms with Gasteiger partial charge in [0, 0.05) is 24.3 Å². The lowest BCUT2D eigenvalue weighted by Gasteiger charge is -2.35. The van der Waals surface area contributed by atoms with Crippen molar-refractivity contribution < 1.29 is 4.39 Å². The minimum atomic E-state index is -0.340. The van der Waals surface area contributed by atoms with Gasteiger partial charge in [0.05, 0.1) is 6.20 Å². The quantitative estimate of drug-likeness (QED) is 0.913. The average Bonchev–Trinajstić information content (AvgIpc) is 2.46. The van der Waals surface area contributed by atoms with E-state index >= 15 is 0 Å². The summed E-state index contributed by atoms with van der Waals surface area (Å²) in [5.41, 5.74) is 8.95. The molecule has 3 rings (SSSR count). The number of anilines is 2. The smallest absolute Gasteiger partial charge is 0.141 e. The standard InChI is InChI=1S/C16H18FN3/c1-11-6-12-4-2-3-5-15(12)20(10-11)16-13(8-18)7-14(17)9-19-16/h2-5,7,9,11H,6,8,10,18H2,1H3. The highest BCUT2D eigenvalue weighted by Crippen LogP contribution is 2.35. The van der Waals surface area contributed by atoms with E-state index in [-0.39, 0.29) is 12.4 Å². The number of aromatic nitrogens is 1. The van der Waals surface area contributed by atoms with Crippen molar-refractivity contribution in [1.82, 2.24) is 4.98 Å². The van der Waals surface area contributed by atoms with Crippen LogP contribution in [0.1, 0.15) is 18.1 Å². The first-order chi connectivity index (χ1) is 9.69. The lowest BCUT2D eigenvalue weighted by Crippen LogP contribution is -2.32. The molecule has 2 aromatic rings. The van der Waals surface area contributed by atoms with Gasteiger partial charge in [-0.3, -0.25) is 0 Å². The Morgan fingerprint density at radius 2 is 2.20 bits per heavy atom. The molecule has 0 radical (unpaired) electrons. The Morgan fingerprint density at radius 3 is 3.00 bits per heavy atom. The van der Waals surface area contributed by atoms with Gasteiger partial charge in [-0.05, 0) is 30.0 Å². The van der Waals surface area contributed by atoms with Gasteiger partial charge in [-0.25, -0.2) is 9.37 Å². The summed E-state index contributed by atoms with van der Waals surface area (Å²) in [7, 11) is 0. The van der Waals surface area contributed by atoms with E-state index in [0.29, 0.717) is 5.92 Å². The first-order valence-electron chi connectivity index (χ1n) is 6.89. The Kier molecular flexibility index (Phi) is 3.40. The van der Waals surface area contributed by atoms with Gasteiger partial charge in [-0.15, -0.1) is 0 Å². The summed E-state index contributed by atoms with van der Waals surface area (Å²) in [5, 5.41) is 0. The molecule has 0 fully saturated rings. The third kappa shape index (κ3) is 2.27. The number of fused-ring (bicyclic) bond motifs is 1. The van der Waals surface area contributed by atoms with Gasteiger partial charge in [-0.1, -0.05) is 25.1 Å². The fourth-order valence-corrected chi connectivity index (χ4v) is 2.86. The van der Waals surface area contributed by atoms with Crippen molar-refractivity contribution in [1.29, 1.82) is 0 Å². The molecular weight excluding hydrogens is 253 g/mol. The van der Waals surface area contributed by atoms with E-state index in [9.17, 15) is 4.39 Å². The topological polar surface area (TPSA) is 42.2 Å². The molecule has 0 spiro atoms. The van der Waals surface area contributed by atoms with Crippen LogP contribution in [0.2, 0.25) is 0 Å². The number of hydrogen-bond donors (Lipinski definition) is 1. The van der Waals surface area contributed by atoms with Crippen molar-refractivity contribution in [2.24, 2.45) is 11.7 Å². The molecule has 0 aliphatic carbocycles. The van der Waals surface area contributed by atoms with Gasteiger partial charge in [0.25, 0.3) is 0 Å². The molecule has 0 saturated heterocycles. The number of para-hydroxylation sites is 1. The number of pyridine rings is 1. The molecule has 3 nitrogen and oxygen atoms in total. The summed E-state index contributed by atoms with van der Waals surface area (Å²) < 4.78 is 13.3. The summed E-state index contributed by atoms with van der Waals surface area (Å²) in [4.78, 5) is 6.43. The highest BCUT2D eigenvalue weighted by molar-refractivity contribution is 5.67. The maximum atomic E-state index is 13.3. The Hall–Kier alpha value is -1.94. The molecule has 4 heteroatoms. The molecule has 1 aliphatic heterocycles. The van der Waals surface area contributed by atoms with Crippen molar-refractivity contribution in [3.63, 3.8) is 0 Å². The van der Waals surface area contributed by atoms with Gasteiger partial charge in [0.15, 0.2) is 0 Å². The number of halogens is 1. The Labute approximate surface area is 118 Å². The third-order valence-electron chi connectivity index (χ3n) is 3.73. The van der Waals surface area contributed by atoms with Gasteiger partial charge in [0.2, 0.25) is 0 Å². The molecule has 1 aliphatic rings. The van der Waals surface area contributed by atoms with Crippen molar-refractivity contribution in [3.05, 3.63) is 53.5 Å². The molecule has 2 heterocycles. The van der Waals surface area contributed by atoms with Gasteiger partial charge in [-0.2, -0.15) is 0 Å². The summed E-state index contributed by atoms with van der Waals surface area (Å²) >= 11 is 0. The van der Waals surface area contributed by atoms with Crippen LogP contribution in [-0.4, -0.2) is 11.5 Å². The highest BCUT2D eigenvalue weighted by Gasteiger charge is 2.24. The zero-order chi connectivity index (χ0) is 14.1. The van der Waals surface area contributed by atoms with E-state index in [1.165, 1.54) is 17.8 Å². The van der Waals surface area contributed by atoms with Crippen LogP contribution in [-0.2, 0) is 13.0 Å². The number of nitrogens with zero attached hydrogens (tertiary/aromatic N) is 2. The van der Waals surface area contributed by atoms with E-state index in [1.54, 1.807) is 0 Å². The SMILES string of the molecule is CC1Cc2ccccc2N(c2ncc(F)cc2CN)C1. The normalized spacial score (nSPS) is 17.9. The number of benzene rings is 1. The molecule has 2 N–H and O–H groups in total. The van der Waals surface area contributed by atoms with Gasteiger partial charge < -0.3 is 10.6 Å². The fourth-order valence-electron chi connectivity index (χ4n) is 2.86. The Bertz CT molecular complexity index is 627. The van der Waals surface area contributed by atoms with Crippen LogP contribution < -0.4 is 10.6 Å². The second-order valence-corrected chi connectivity index (χ2v) is 5.39. The minimum Gasteiger partial charge on any atom is -0.326 e. The Balaban J connectivity index is 2.10. The first kappa shape index (κ1) is 13.1. The summed E-state index contributed by atoms with van der Waals surface area (Å²) in [6.45, 7) is 3.38. The number of nitrogens with two attached hydrogens (primary N) is 1. The van der Waals surface area contributed by atoms with Crippen LogP contribution in [0, 0.1) is 11.7 Å². The summed E-state index contributed by atoms with van der Waals surface area (Å²) in [5.74, 6) is 0.961. The van der Waals surface area contributed by atoms with E-state index in [0.717, 1.165) is 30.0 Å². The second kappa shape index (κ2) is 5.21. The van der Waals surface area contributed by atoms with Crippen molar-refractivity contribution in [2.75, 3.05) is 11.4 Å². The van der Waals surface area contributed by atoms with Crippen LogP contribution in [0.5, 0.6) is 0 Å². The largest absolute Gasteiger partial charge is 0.326 e. The van der Waals surface area contributed by atoms with E-state index in [4.69, 9.17) is 5.73 Å². The molecule has 20 heavy (non-hydrogen) atoms. The zero-order valence-electron chi connectivity index (χ0n) is 11.5. The number of hydrogen-bond acceptors (Lipinski definition) is 3. The average molecular weight is 271 g/mol. The second-order valence-electron chi connectivity index (χ2n) is 5.39. The monoisotopic (exact) mass is 271 g/mol. The van der Waals surface area contributed by atoms with Crippen LogP contribution >= 0.6 is 0 Å². The molecule has 1 atom stereocenters. The summed E-state index contributed by atoms with van der Waals surface area (Å²) in [6.07, 6.45) is 2.32. The maximum absolute atomic E-state index is 13.3. The van der Waals surface area contributed by atoms with Crippen LogP contribution in [0.25, 0.3) is 0 Å². The molecular formula is C16H18FN3. The minimum absolute atomic E-state index is 0.285. The van der Waals surface area contributed by atoms with Crippen LogP contribution in [0.3, 0.4) is 0 Å². The predicted molar refractivity (Wildman–Crippen MR) is 78.4 cm³/mol. The predicted octanol–water partition coefficient (Wildman–Crippen LogP) is 3.01. The first-order valence-corrected chi connectivity index (χ1v) is 6.89. The van der Waals surface area contributed by atoms with Crippen LogP contribution in [0.4, 0.5) is 15.9 Å².